The van der Waals surface area contributed by atoms with Gasteiger partial charge in [0.1, 0.15) is 6.61 Å². The summed E-state index contributed by atoms with van der Waals surface area (Å²) in [6.07, 6.45) is 1.02. The van der Waals surface area contributed by atoms with E-state index in [1.165, 1.54) is 0 Å². The molecule has 1 aromatic heterocycles. The topological polar surface area (TPSA) is 73.7 Å². The number of para-hydroxylation sites is 2. The lowest BCUT2D eigenvalue weighted by Gasteiger charge is -2.35. The number of benzene rings is 2. The van der Waals surface area contributed by atoms with E-state index in [1.807, 2.05) is 59.5 Å². The fraction of sp³-hybridized carbons (Fsp3) is 0.320. The normalized spacial score (nSPS) is 18.4. The van der Waals surface area contributed by atoms with Crippen molar-refractivity contribution < 1.29 is 14.3 Å². The van der Waals surface area contributed by atoms with E-state index < -0.39 is 6.10 Å². The maximum Gasteiger partial charge on any atom is 0.267 e. The molecule has 0 bridgehead atoms. The number of hydrogen-bond donors (Lipinski definition) is 0. The molecule has 3 heterocycles. The van der Waals surface area contributed by atoms with E-state index in [2.05, 4.69) is 5.10 Å². The smallest absolute Gasteiger partial charge is 0.267 e. The molecule has 1 amide bonds. The minimum atomic E-state index is -0.617. The summed E-state index contributed by atoms with van der Waals surface area (Å²) >= 11 is 0. The van der Waals surface area contributed by atoms with Gasteiger partial charge in [-0.2, -0.15) is 5.10 Å². The number of carbonyl (C=O) groups excluding carboxylic acids is 1. The molecule has 1 saturated heterocycles. The van der Waals surface area contributed by atoms with Crippen LogP contribution in [-0.2, 0) is 11.3 Å². The Kier molecular flexibility index (Phi) is 5.62. The number of likely N-dealkylation sites (tertiary alicyclic amines) is 1. The zero-order valence-electron chi connectivity index (χ0n) is 17.7. The molecular formula is C25H25N3O4. The van der Waals surface area contributed by atoms with Crippen LogP contribution in [0.15, 0.2) is 71.5 Å². The predicted octanol–water partition coefficient (Wildman–Crippen LogP) is 2.99. The highest BCUT2D eigenvalue weighted by molar-refractivity contribution is 5.82. The van der Waals surface area contributed by atoms with Gasteiger partial charge in [0.25, 0.3) is 11.5 Å². The second-order valence-corrected chi connectivity index (χ2v) is 8.24. The van der Waals surface area contributed by atoms with Crippen LogP contribution in [-0.4, -0.2) is 46.4 Å². The molecule has 164 valence electrons. The van der Waals surface area contributed by atoms with E-state index in [-0.39, 0.29) is 18.1 Å². The maximum atomic E-state index is 12.9. The Morgan fingerprint density at radius 2 is 1.66 bits per heavy atom. The lowest BCUT2D eigenvalue weighted by Crippen LogP contribution is -2.49. The summed E-state index contributed by atoms with van der Waals surface area (Å²) in [5.74, 6) is 1.53. The van der Waals surface area contributed by atoms with Crippen LogP contribution < -0.4 is 15.0 Å². The highest BCUT2D eigenvalue weighted by Crippen LogP contribution is 2.31. The molecule has 1 atom stereocenters. The Balaban J connectivity index is 1.20. The van der Waals surface area contributed by atoms with Gasteiger partial charge >= 0.3 is 0 Å². The van der Waals surface area contributed by atoms with E-state index in [0.29, 0.717) is 37.1 Å². The van der Waals surface area contributed by atoms with E-state index in [0.717, 1.165) is 24.1 Å². The molecule has 1 fully saturated rings. The average molecular weight is 431 g/mol. The van der Waals surface area contributed by atoms with E-state index in [1.54, 1.807) is 16.8 Å². The number of fused-ring (bicyclic) bond motifs is 1. The number of amides is 1. The molecule has 0 spiro atoms. The van der Waals surface area contributed by atoms with Gasteiger partial charge < -0.3 is 14.4 Å². The Labute approximate surface area is 186 Å². The first-order chi connectivity index (χ1) is 15.7. The minimum Gasteiger partial charge on any atom is -0.485 e. The summed E-state index contributed by atoms with van der Waals surface area (Å²) in [7, 11) is 0. The monoisotopic (exact) mass is 431 g/mol. The van der Waals surface area contributed by atoms with Gasteiger partial charge in [0.05, 0.1) is 5.69 Å². The number of ether oxygens (including phenoxy) is 2. The summed E-state index contributed by atoms with van der Waals surface area (Å²) < 4.78 is 13.1. The molecule has 0 saturated carbocycles. The van der Waals surface area contributed by atoms with Crippen LogP contribution >= 0.6 is 0 Å². The highest BCUT2D eigenvalue weighted by atomic mass is 16.6. The standard InChI is InChI=1S/C25H25N3O4/c29-24-11-10-20(19-6-2-1-3-7-19)26-28(24)16-18-12-14-27(15-13-18)25(30)23-17-31-21-8-4-5-9-22(21)32-23/h1-11,18,23H,12-17H2/t23-/m0/s1. The largest absolute Gasteiger partial charge is 0.485 e. The van der Waals surface area contributed by atoms with Crippen LogP contribution in [0.4, 0.5) is 0 Å². The number of carbonyl (C=O) groups is 1. The average Bonchev–Trinajstić information content (AvgIpc) is 2.85. The molecule has 0 radical (unpaired) electrons. The van der Waals surface area contributed by atoms with Crippen molar-refractivity contribution in [1.82, 2.24) is 14.7 Å². The van der Waals surface area contributed by atoms with Gasteiger partial charge in [-0.05, 0) is 37.0 Å². The second kappa shape index (κ2) is 8.86. The van der Waals surface area contributed by atoms with Crippen molar-refractivity contribution in [2.24, 2.45) is 5.92 Å². The van der Waals surface area contributed by atoms with Crippen LogP contribution in [0.25, 0.3) is 11.3 Å². The summed E-state index contributed by atoms with van der Waals surface area (Å²) in [6, 6.07) is 20.6. The van der Waals surface area contributed by atoms with Crippen molar-refractivity contribution in [3.8, 4) is 22.8 Å². The SMILES string of the molecule is O=C([C@@H]1COc2ccccc2O1)N1CCC(Cn2nc(-c3ccccc3)ccc2=O)CC1. The van der Waals surface area contributed by atoms with Gasteiger partial charge in [0.2, 0.25) is 6.10 Å². The van der Waals surface area contributed by atoms with Crippen molar-refractivity contribution >= 4 is 5.91 Å². The molecule has 7 nitrogen and oxygen atoms in total. The summed E-state index contributed by atoms with van der Waals surface area (Å²) in [6.45, 7) is 2.05. The molecular weight excluding hydrogens is 406 g/mol. The molecule has 2 aliphatic rings. The number of hydrogen-bond acceptors (Lipinski definition) is 5. The number of nitrogens with zero attached hydrogens (tertiary/aromatic N) is 3. The molecule has 2 aliphatic heterocycles. The summed E-state index contributed by atoms with van der Waals surface area (Å²) in [5.41, 5.74) is 1.67. The predicted molar refractivity (Wildman–Crippen MR) is 120 cm³/mol. The first kappa shape index (κ1) is 20.3. The van der Waals surface area contributed by atoms with Crippen molar-refractivity contribution in [3.63, 3.8) is 0 Å². The maximum absolute atomic E-state index is 12.9. The molecule has 3 aromatic rings. The van der Waals surface area contributed by atoms with Crippen LogP contribution in [0.1, 0.15) is 12.8 Å². The van der Waals surface area contributed by atoms with Gasteiger partial charge in [-0.1, -0.05) is 42.5 Å². The lowest BCUT2D eigenvalue weighted by atomic mass is 9.96. The van der Waals surface area contributed by atoms with Crippen LogP contribution in [0.5, 0.6) is 11.5 Å². The molecule has 7 heteroatoms. The van der Waals surface area contributed by atoms with Crippen molar-refractivity contribution in [3.05, 3.63) is 77.1 Å². The van der Waals surface area contributed by atoms with Gasteiger partial charge in [-0.25, -0.2) is 4.68 Å². The van der Waals surface area contributed by atoms with Gasteiger partial charge in [-0.15, -0.1) is 0 Å². The molecule has 32 heavy (non-hydrogen) atoms. The van der Waals surface area contributed by atoms with Crippen molar-refractivity contribution in [2.75, 3.05) is 19.7 Å². The molecule has 2 aromatic carbocycles. The van der Waals surface area contributed by atoms with E-state index in [4.69, 9.17) is 9.47 Å². The minimum absolute atomic E-state index is 0.0423. The highest BCUT2D eigenvalue weighted by Gasteiger charge is 2.33. The number of rotatable bonds is 4. The Morgan fingerprint density at radius 1 is 0.938 bits per heavy atom. The Morgan fingerprint density at radius 3 is 2.44 bits per heavy atom. The first-order valence-corrected chi connectivity index (χ1v) is 11.0. The molecule has 0 aliphatic carbocycles. The van der Waals surface area contributed by atoms with Crippen molar-refractivity contribution in [1.29, 1.82) is 0 Å². The van der Waals surface area contributed by atoms with Gasteiger partial charge in [-0.3, -0.25) is 9.59 Å². The third-order valence-electron chi connectivity index (χ3n) is 6.08. The van der Waals surface area contributed by atoms with Gasteiger partial charge in [0.15, 0.2) is 11.5 Å². The summed E-state index contributed by atoms with van der Waals surface area (Å²) in [4.78, 5) is 27.1. The Hall–Kier alpha value is -3.61. The number of piperidine rings is 1. The van der Waals surface area contributed by atoms with Crippen LogP contribution in [0, 0.1) is 5.92 Å². The quantitative estimate of drug-likeness (QED) is 0.635. The third kappa shape index (κ3) is 4.23. The first-order valence-electron chi connectivity index (χ1n) is 11.0. The molecule has 0 unspecified atom stereocenters. The second-order valence-electron chi connectivity index (χ2n) is 8.24. The van der Waals surface area contributed by atoms with Crippen molar-refractivity contribution in [2.45, 2.75) is 25.5 Å². The molecule has 0 N–H and O–H groups in total. The molecule has 5 rings (SSSR count). The van der Waals surface area contributed by atoms with Crippen LogP contribution in [0.3, 0.4) is 0 Å². The fourth-order valence-corrected chi connectivity index (χ4v) is 4.27. The third-order valence-corrected chi connectivity index (χ3v) is 6.08. The fourth-order valence-electron chi connectivity index (χ4n) is 4.27. The van der Waals surface area contributed by atoms with Crippen LogP contribution in [0.2, 0.25) is 0 Å². The zero-order valence-corrected chi connectivity index (χ0v) is 17.7. The lowest BCUT2D eigenvalue weighted by molar-refractivity contribution is -0.142. The van der Waals surface area contributed by atoms with Gasteiger partial charge in [0, 0.05) is 31.3 Å². The van der Waals surface area contributed by atoms with E-state index in [9.17, 15) is 9.59 Å². The van der Waals surface area contributed by atoms with E-state index >= 15 is 0 Å². The zero-order chi connectivity index (χ0) is 21.9. The Bertz CT molecular complexity index is 1150. The number of aromatic nitrogens is 2. The summed E-state index contributed by atoms with van der Waals surface area (Å²) in [5, 5.41) is 4.57.